The van der Waals surface area contributed by atoms with Crippen LogP contribution >= 0.6 is 0 Å². The van der Waals surface area contributed by atoms with E-state index in [2.05, 4.69) is 188 Å². The van der Waals surface area contributed by atoms with Crippen LogP contribution in [0.4, 0.5) is 0 Å². The predicted octanol–water partition coefficient (Wildman–Crippen LogP) is 11.1. The molecule has 2 heteroatoms. The van der Waals surface area contributed by atoms with E-state index in [4.69, 9.17) is 12.3 Å². The van der Waals surface area contributed by atoms with Crippen molar-refractivity contribution in [3.8, 4) is 5.69 Å². The highest BCUT2D eigenvalue weighted by Crippen LogP contribution is 2.46. The van der Waals surface area contributed by atoms with Gasteiger partial charge in [-0.25, -0.2) is 0 Å². The Labute approximate surface area is 296 Å². The third-order valence-electron chi connectivity index (χ3n) is 11.1. The van der Waals surface area contributed by atoms with Gasteiger partial charge in [0.05, 0.1) is 16.6 Å². The molecule has 2 N–H and O–H groups in total. The van der Waals surface area contributed by atoms with Crippen molar-refractivity contribution in [2.75, 3.05) is 0 Å². The second kappa shape index (κ2) is 13.1. The first-order valence-electron chi connectivity index (χ1n) is 17.9. The van der Waals surface area contributed by atoms with E-state index in [1.165, 1.54) is 55.7 Å². The summed E-state index contributed by atoms with van der Waals surface area (Å²) in [5.74, 6) is 0.856. The second-order valence-corrected chi connectivity index (χ2v) is 14.0. The number of benzene rings is 3. The molecule has 246 valence electrons. The van der Waals surface area contributed by atoms with Crippen molar-refractivity contribution in [2.45, 2.75) is 31.7 Å². The van der Waals surface area contributed by atoms with Crippen molar-refractivity contribution in [3.05, 3.63) is 210 Å². The molecule has 0 radical (unpaired) electrons. The quantitative estimate of drug-likeness (QED) is 0.207. The lowest BCUT2D eigenvalue weighted by atomic mass is 9.71. The first-order chi connectivity index (χ1) is 24.4. The molecule has 1 aliphatic heterocycles. The van der Waals surface area contributed by atoms with Gasteiger partial charge in [-0.05, 0) is 59.2 Å². The van der Waals surface area contributed by atoms with Gasteiger partial charge < -0.3 is 10.3 Å². The van der Waals surface area contributed by atoms with Gasteiger partial charge in [-0.3, -0.25) is 0 Å². The SMILES string of the molecule is C=C1/C=C\C(C)C2=CC=C(/C=C/C13/C=C\c1c(C)n(c4ccccc14)-c1ccccc13)C2/C=C/C=C\C=C\C(N)C1C=C(c2ccccc2)C1. The number of para-hydroxylation sites is 2. The van der Waals surface area contributed by atoms with E-state index in [0.717, 1.165) is 12.0 Å². The molecule has 0 saturated heterocycles. The van der Waals surface area contributed by atoms with Crippen LogP contribution in [-0.2, 0) is 5.41 Å². The highest BCUT2D eigenvalue weighted by atomic mass is 15.0. The zero-order chi connectivity index (χ0) is 34.2. The van der Waals surface area contributed by atoms with Crippen LogP contribution in [0.1, 0.15) is 35.7 Å². The molecular formula is C48H44N2. The molecule has 4 aliphatic rings. The normalized spacial score (nSPS) is 26.7. The van der Waals surface area contributed by atoms with Crippen LogP contribution in [0.5, 0.6) is 0 Å². The first kappa shape index (κ1) is 31.8. The number of fused-ring (bicyclic) bond motifs is 10. The Kier molecular flexibility index (Phi) is 8.34. The van der Waals surface area contributed by atoms with E-state index in [0.29, 0.717) is 5.92 Å². The van der Waals surface area contributed by atoms with Gasteiger partial charge in [0, 0.05) is 34.5 Å². The van der Waals surface area contributed by atoms with Crippen LogP contribution in [0.2, 0.25) is 0 Å². The minimum atomic E-state index is -0.519. The van der Waals surface area contributed by atoms with Gasteiger partial charge in [0.25, 0.3) is 0 Å². The van der Waals surface area contributed by atoms with E-state index in [1.54, 1.807) is 0 Å². The van der Waals surface area contributed by atoms with Crippen molar-refractivity contribution in [1.29, 1.82) is 0 Å². The molecular weight excluding hydrogens is 605 g/mol. The third kappa shape index (κ3) is 5.50. The number of nitrogens with two attached hydrogens (primary N) is 1. The molecule has 2 heterocycles. The molecule has 3 aromatic carbocycles. The average molecular weight is 649 g/mol. The smallest absolute Gasteiger partial charge is 0.0583 e. The number of hydrogen-bond donors (Lipinski definition) is 1. The van der Waals surface area contributed by atoms with Crippen LogP contribution in [0.15, 0.2) is 187 Å². The van der Waals surface area contributed by atoms with Crippen LogP contribution in [-0.4, -0.2) is 10.6 Å². The Morgan fingerprint density at radius 3 is 2.46 bits per heavy atom. The van der Waals surface area contributed by atoms with Crippen LogP contribution < -0.4 is 5.73 Å². The molecule has 1 aromatic heterocycles. The Bertz CT molecular complexity index is 2260. The van der Waals surface area contributed by atoms with E-state index in [-0.39, 0.29) is 17.9 Å². The van der Waals surface area contributed by atoms with Gasteiger partial charge in [0.2, 0.25) is 0 Å². The monoisotopic (exact) mass is 648 g/mol. The summed E-state index contributed by atoms with van der Waals surface area (Å²) in [7, 11) is 0. The minimum Gasteiger partial charge on any atom is -0.324 e. The maximum atomic E-state index is 6.51. The van der Waals surface area contributed by atoms with E-state index >= 15 is 0 Å². The Morgan fingerprint density at radius 1 is 0.860 bits per heavy atom. The fourth-order valence-electron chi connectivity index (χ4n) is 8.15. The molecule has 4 bridgehead atoms. The Hall–Kier alpha value is -5.44. The summed E-state index contributed by atoms with van der Waals surface area (Å²) in [6, 6.07) is 28.2. The number of hydrogen-bond acceptors (Lipinski definition) is 1. The lowest BCUT2D eigenvalue weighted by Crippen LogP contribution is -2.30. The van der Waals surface area contributed by atoms with Gasteiger partial charge in [0.1, 0.15) is 0 Å². The van der Waals surface area contributed by atoms with Gasteiger partial charge >= 0.3 is 0 Å². The molecule has 8 rings (SSSR count). The molecule has 5 unspecified atom stereocenters. The first-order valence-corrected chi connectivity index (χ1v) is 17.9. The van der Waals surface area contributed by atoms with Crippen molar-refractivity contribution in [2.24, 2.45) is 23.5 Å². The Morgan fingerprint density at radius 2 is 1.60 bits per heavy atom. The molecule has 3 aliphatic carbocycles. The summed E-state index contributed by atoms with van der Waals surface area (Å²) in [6.07, 6.45) is 34.8. The summed E-state index contributed by atoms with van der Waals surface area (Å²) in [5.41, 5.74) is 18.6. The molecule has 0 saturated carbocycles. The average Bonchev–Trinajstić information content (AvgIpc) is 3.66. The third-order valence-corrected chi connectivity index (χ3v) is 11.1. The molecule has 1 spiro atoms. The summed E-state index contributed by atoms with van der Waals surface area (Å²) < 4.78 is 2.43. The standard InChI is InChI=1S/C48H44N2/c1-33-23-24-34(2)48(30-28-41-35(3)50(46-21-13-11-18-43(41)46)47-22-14-12-19-44(47)48)29-27-37-25-26-40(33)42(37)17-9-4-5-10-20-45(49)39-31-38(32-39)36-15-7-6-8-16-36/h4-31,33,39,42,45H,2,32,49H2,1,3H3/b5-4-,17-9+,20-10+,24-23-,29-27+,30-28-. The van der Waals surface area contributed by atoms with Crippen LogP contribution in [0.25, 0.3) is 28.2 Å². The summed E-state index contributed by atoms with van der Waals surface area (Å²) in [4.78, 5) is 0. The summed E-state index contributed by atoms with van der Waals surface area (Å²) in [5, 5.41) is 1.27. The lowest BCUT2D eigenvalue weighted by Gasteiger charge is -2.34. The number of allylic oxidation sites excluding steroid dienone is 16. The molecule has 4 aromatic rings. The summed E-state index contributed by atoms with van der Waals surface area (Å²) >= 11 is 0. The number of aromatic nitrogens is 1. The highest BCUT2D eigenvalue weighted by molar-refractivity contribution is 5.94. The predicted molar refractivity (Wildman–Crippen MR) is 213 cm³/mol. The molecule has 50 heavy (non-hydrogen) atoms. The second-order valence-electron chi connectivity index (χ2n) is 14.0. The summed E-state index contributed by atoms with van der Waals surface area (Å²) in [6.45, 7) is 9.25. The minimum absolute atomic E-state index is 0.0224. The molecule has 5 atom stereocenters. The van der Waals surface area contributed by atoms with Crippen LogP contribution in [0.3, 0.4) is 0 Å². The van der Waals surface area contributed by atoms with Gasteiger partial charge in [-0.15, -0.1) is 0 Å². The zero-order valence-corrected chi connectivity index (χ0v) is 28.9. The topological polar surface area (TPSA) is 30.9 Å². The fourth-order valence-corrected chi connectivity index (χ4v) is 8.15. The highest BCUT2D eigenvalue weighted by Gasteiger charge is 2.35. The largest absolute Gasteiger partial charge is 0.324 e. The molecule has 0 amide bonds. The fraction of sp³-hybridized carbons (Fsp3) is 0.167. The number of nitrogens with zero attached hydrogens (tertiary/aromatic N) is 1. The molecule has 0 fully saturated rings. The number of rotatable bonds is 6. The lowest BCUT2D eigenvalue weighted by molar-refractivity contribution is 0.556. The van der Waals surface area contributed by atoms with E-state index in [1.807, 2.05) is 0 Å². The van der Waals surface area contributed by atoms with Gasteiger partial charge in [0.15, 0.2) is 0 Å². The molecule has 2 nitrogen and oxygen atoms in total. The van der Waals surface area contributed by atoms with Crippen LogP contribution in [0, 0.1) is 24.7 Å². The maximum Gasteiger partial charge on any atom is 0.0583 e. The van der Waals surface area contributed by atoms with Crippen molar-refractivity contribution in [1.82, 2.24) is 4.57 Å². The van der Waals surface area contributed by atoms with Crippen molar-refractivity contribution >= 4 is 22.6 Å². The van der Waals surface area contributed by atoms with Crippen molar-refractivity contribution < 1.29 is 0 Å². The maximum absolute atomic E-state index is 6.51. The van der Waals surface area contributed by atoms with E-state index < -0.39 is 5.41 Å². The van der Waals surface area contributed by atoms with E-state index in [9.17, 15) is 0 Å². The zero-order valence-electron chi connectivity index (χ0n) is 28.9. The van der Waals surface area contributed by atoms with Gasteiger partial charge in [-0.1, -0.05) is 177 Å². The van der Waals surface area contributed by atoms with Crippen molar-refractivity contribution in [3.63, 3.8) is 0 Å². The van der Waals surface area contributed by atoms with Gasteiger partial charge in [-0.2, -0.15) is 0 Å². The Balaban J connectivity index is 1.06.